The van der Waals surface area contributed by atoms with Crippen LogP contribution in [-0.4, -0.2) is 5.24 Å². The first kappa shape index (κ1) is 12.8. The quantitative estimate of drug-likeness (QED) is 0.696. The average molecular weight is 322 g/mol. The largest absolute Gasteiger partial charge is 0.418 e. The van der Waals surface area contributed by atoms with Crippen LogP contribution in [0.15, 0.2) is 16.6 Å². The fourth-order valence-electron chi connectivity index (χ4n) is 0.957. The lowest BCUT2D eigenvalue weighted by Crippen LogP contribution is -2.08. The molecule has 7 heteroatoms. The molecule has 0 radical (unpaired) electrons. The molecule has 0 aliphatic heterocycles. The highest BCUT2D eigenvalue weighted by atomic mass is 79.9. The molecule has 0 heterocycles. The van der Waals surface area contributed by atoms with Crippen LogP contribution in [0.25, 0.3) is 0 Å². The van der Waals surface area contributed by atoms with E-state index in [0.29, 0.717) is 0 Å². The normalized spacial score (nSPS) is 11.6. The second-order valence-corrected chi connectivity index (χ2v) is 4.19. The minimum atomic E-state index is -4.58. The number of halogens is 6. The molecule has 1 nitrogen and oxygen atoms in total. The Morgan fingerprint density at radius 3 is 2.20 bits per heavy atom. The standard InChI is InChI=1S/C8H2BrCl2F3O/c9-4-1-3(7(11)15)2-5(10)6(4)8(12,13)14/h1-2H. The Labute approximate surface area is 101 Å². The summed E-state index contributed by atoms with van der Waals surface area (Å²) >= 11 is 13.2. The fraction of sp³-hybridized carbons (Fsp3) is 0.125. The van der Waals surface area contributed by atoms with Gasteiger partial charge in [-0.1, -0.05) is 27.5 Å². The molecule has 0 N–H and O–H groups in total. The molecule has 1 aromatic carbocycles. The SMILES string of the molecule is O=C(Cl)c1cc(Cl)c(C(F)(F)F)c(Br)c1. The van der Waals surface area contributed by atoms with Gasteiger partial charge in [-0.2, -0.15) is 13.2 Å². The predicted molar refractivity (Wildman–Crippen MR) is 54.3 cm³/mol. The monoisotopic (exact) mass is 320 g/mol. The topological polar surface area (TPSA) is 17.1 Å². The number of carbonyl (C=O) groups excluding carboxylic acids is 1. The number of benzene rings is 1. The second-order valence-electron chi connectivity index (χ2n) is 2.59. The summed E-state index contributed by atoms with van der Waals surface area (Å²) in [6.45, 7) is 0. The highest BCUT2D eigenvalue weighted by Gasteiger charge is 2.36. The van der Waals surface area contributed by atoms with E-state index in [2.05, 4.69) is 15.9 Å². The van der Waals surface area contributed by atoms with Crippen LogP contribution in [0.3, 0.4) is 0 Å². The number of hydrogen-bond donors (Lipinski definition) is 0. The third kappa shape index (κ3) is 2.86. The van der Waals surface area contributed by atoms with Crippen LogP contribution in [0.4, 0.5) is 13.2 Å². The van der Waals surface area contributed by atoms with E-state index >= 15 is 0 Å². The van der Waals surface area contributed by atoms with Gasteiger partial charge in [0.2, 0.25) is 0 Å². The van der Waals surface area contributed by atoms with E-state index in [0.717, 1.165) is 12.1 Å². The van der Waals surface area contributed by atoms with Gasteiger partial charge in [-0.25, -0.2) is 0 Å². The Morgan fingerprint density at radius 2 is 1.87 bits per heavy atom. The van der Waals surface area contributed by atoms with E-state index in [9.17, 15) is 18.0 Å². The molecule has 0 saturated heterocycles. The van der Waals surface area contributed by atoms with Gasteiger partial charge in [-0.3, -0.25) is 4.79 Å². The van der Waals surface area contributed by atoms with Crippen molar-refractivity contribution in [3.05, 3.63) is 32.8 Å². The molecular weight excluding hydrogens is 320 g/mol. The number of carbonyl (C=O) groups is 1. The zero-order chi connectivity index (χ0) is 11.8. The van der Waals surface area contributed by atoms with E-state index < -0.39 is 22.0 Å². The molecule has 0 fully saturated rings. The van der Waals surface area contributed by atoms with Crippen LogP contribution >= 0.6 is 39.1 Å². The smallest absolute Gasteiger partial charge is 0.276 e. The lowest BCUT2D eigenvalue weighted by Gasteiger charge is -2.11. The molecular formula is C8H2BrCl2F3O. The van der Waals surface area contributed by atoms with Crippen molar-refractivity contribution < 1.29 is 18.0 Å². The Morgan fingerprint density at radius 1 is 1.33 bits per heavy atom. The van der Waals surface area contributed by atoms with Crippen molar-refractivity contribution in [2.24, 2.45) is 0 Å². The van der Waals surface area contributed by atoms with Gasteiger partial charge < -0.3 is 0 Å². The molecule has 0 atom stereocenters. The summed E-state index contributed by atoms with van der Waals surface area (Å²) in [7, 11) is 0. The summed E-state index contributed by atoms with van der Waals surface area (Å²) in [4.78, 5) is 10.7. The molecule has 0 saturated carbocycles. The molecule has 82 valence electrons. The van der Waals surface area contributed by atoms with Crippen LogP contribution < -0.4 is 0 Å². The number of alkyl halides is 3. The average Bonchev–Trinajstić information content (AvgIpc) is 1.99. The molecule has 0 aliphatic carbocycles. The Hall–Kier alpha value is -0.260. The van der Waals surface area contributed by atoms with Gasteiger partial charge in [0.15, 0.2) is 0 Å². The third-order valence-electron chi connectivity index (χ3n) is 1.55. The second kappa shape index (κ2) is 4.31. The minimum Gasteiger partial charge on any atom is -0.276 e. The summed E-state index contributed by atoms with van der Waals surface area (Å²) in [6, 6.07) is 1.86. The van der Waals surface area contributed by atoms with Crippen LogP contribution in [0.2, 0.25) is 5.02 Å². The Balaban J connectivity index is 3.41. The van der Waals surface area contributed by atoms with Gasteiger partial charge in [0.25, 0.3) is 5.24 Å². The zero-order valence-corrected chi connectivity index (χ0v) is 9.93. The zero-order valence-electron chi connectivity index (χ0n) is 6.83. The van der Waals surface area contributed by atoms with Crippen molar-refractivity contribution in [2.45, 2.75) is 6.18 Å². The first-order valence-corrected chi connectivity index (χ1v) is 5.04. The van der Waals surface area contributed by atoms with Crippen molar-refractivity contribution in [3.8, 4) is 0 Å². The Bertz CT molecular complexity index is 394. The summed E-state index contributed by atoms with van der Waals surface area (Å²) < 4.78 is 36.9. The van der Waals surface area contributed by atoms with E-state index in [4.69, 9.17) is 23.2 Å². The summed E-state index contributed by atoms with van der Waals surface area (Å²) in [5, 5.41) is -1.44. The molecule has 0 amide bonds. The fourth-order valence-corrected chi connectivity index (χ4v) is 2.19. The van der Waals surface area contributed by atoms with Crippen molar-refractivity contribution >= 4 is 44.4 Å². The number of rotatable bonds is 1. The molecule has 0 spiro atoms. The summed E-state index contributed by atoms with van der Waals surface area (Å²) in [6.07, 6.45) is -4.58. The van der Waals surface area contributed by atoms with Gasteiger partial charge in [-0.05, 0) is 23.7 Å². The maximum Gasteiger partial charge on any atom is 0.418 e. The summed E-state index contributed by atoms with van der Waals surface area (Å²) in [5.74, 6) is 0. The van der Waals surface area contributed by atoms with Crippen LogP contribution in [0.5, 0.6) is 0 Å². The van der Waals surface area contributed by atoms with Crippen molar-refractivity contribution in [1.29, 1.82) is 0 Å². The third-order valence-corrected chi connectivity index (χ3v) is 2.69. The number of hydrogen-bond acceptors (Lipinski definition) is 1. The molecule has 0 aromatic heterocycles. The Kier molecular flexibility index (Phi) is 3.68. The van der Waals surface area contributed by atoms with Gasteiger partial charge in [0, 0.05) is 10.0 Å². The van der Waals surface area contributed by atoms with E-state index in [-0.39, 0.29) is 10.0 Å². The van der Waals surface area contributed by atoms with Crippen molar-refractivity contribution in [1.82, 2.24) is 0 Å². The predicted octanol–water partition coefficient (Wildman–Crippen LogP) is 4.50. The van der Waals surface area contributed by atoms with Crippen LogP contribution in [0.1, 0.15) is 15.9 Å². The highest BCUT2D eigenvalue weighted by molar-refractivity contribution is 9.10. The maximum absolute atomic E-state index is 12.4. The molecule has 1 rings (SSSR count). The first-order valence-electron chi connectivity index (χ1n) is 3.49. The molecule has 15 heavy (non-hydrogen) atoms. The minimum absolute atomic E-state index is 0.0958. The lowest BCUT2D eigenvalue weighted by atomic mass is 10.1. The van der Waals surface area contributed by atoms with E-state index in [1.807, 2.05) is 0 Å². The van der Waals surface area contributed by atoms with Crippen LogP contribution in [0, 0.1) is 0 Å². The van der Waals surface area contributed by atoms with Crippen LogP contribution in [-0.2, 0) is 6.18 Å². The molecule has 1 aromatic rings. The highest BCUT2D eigenvalue weighted by Crippen LogP contribution is 2.40. The van der Waals surface area contributed by atoms with Gasteiger partial charge >= 0.3 is 6.18 Å². The summed E-state index contributed by atoms with van der Waals surface area (Å²) in [5.41, 5.74) is -1.12. The maximum atomic E-state index is 12.4. The van der Waals surface area contributed by atoms with Gasteiger partial charge in [0.05, 0.1) is 10.6 Å². The molecule has 0 unspecified atom stereocenters. The van der Waals surface area contributed by atoms with Gasteiger partial charge in [-0.15, -0.1) is 0 Å². The van der Waals surface area contributed by atoms with E-state index in [1.165, 1.54) is 0 Å². The first-order chi connectivity index (χ1) is 6.73. The van der Waals surface area contributed by atoms with E-state index in [1.54, 1.807) is 0 Å². The lowest BCUT2D eigenvalue weighted by molar-refractivity contribution is -0.138. The molecule has 0 bridgehead atoms. The van der Waals surface area contributed by atoms with Crippen molar-refractivity contribution in [2.75, 3.05) is 0 Å². The van der Waals surface area contributed by atoms with Crippen molar-refractivity contribution in [3.63, 3.8) is 0 Å². The molecule has 0 aliphatic rings. The van der Waals surface area contributed by atoms with Gasteiger partial charge in [0.1, 0.15) is 0 Å².